The third-order valence-corrected chi connectivity index (χ3v) is 21.8. The van der Waals surface area contributed by atoms with Crippen molar-refractivity contribution in [3.63, 3.8) is 0 Å². The molecule has 0 bridgehead atoms. The molecule has 14 aromatic carbocycles. The van der Waals surface area contributed by atoms with Crippen molar-refractivity contribution in [1.82, 2.24) is 19.9 Å². The number of aromatic nitrogens is 4. The Bertz CT molecular complexity index is 5600. The van der Waals surface area contributed by atoms with Gasteiger partial charge in [0.15, 0.2) is 0 Å². The standard InChI is InChI=1S/C86H52N6S2/c1-5-21-51(22-6-1)67-47-68(52-23-7-2-8-24-52)88-85(87-67)83-59-31-13-17-33-71(59)91(75-49-79-63(45-65(75)83)57-29-15-19-35-77(57)93-79)73-43-39-55-38-42-62-74(44-40-56-37-41-61(73)81(55)82(56)62)92-72-34-18-14-32-60(72)84(66-46-64-58-30-16-20-36-78(58)94-80(64)50-76(66)92)86-89-69(53-25-9-3-10-26-53)48-70(90-86)54-27-11-4-12-28-54/h1-50,83-84H. The van der Waals surface area contributed by atoms with Crippen LogP contribution in [-0.4, -0.2) is 19.9 Å². The number of anilines is 6. The largest absolute Gasteiger partial charge is 0.309 e. The van der Waals surface area contributed by atoms with Crippen LogP contribution in [0.25, 0.3) is 118 Å². The van der Waals surface area contributed by atoms with Crippen molar-refractivity contribution in [2.24, 2.45) is 0 Å². The van der Waals surface area contributed by atoms with Gasteiger partial charge in [-0.3, -0.25) is 0 Å². The van der Waals surface area contributed by atoms with Gasteiger partial charge in [0, 0.05) is 73.4 Å². The normalized spacial score (nSPS) is 14.3. The van der Waals surface area contributed by atoms with Crippen LogP contribution in [-0.2, 0) is 0 Å². The molecule has 0 radical (unpaired) electrons. The Labute approximate surface area is 549 Å². The van der Waals surface area contributed by atoms with Crippen molar-refractivity contribution in [3.05, 3.63) is 337 Å². The Morgan fingerprint density at radius 3 is 0.968 bits per heavy atom. The van der Waals surface area contributed by atoms with E-state index in [1.54, 1.807) is 0 Å². The molecule has 20 rings (SSSR count). The molecule has 2 atom stereocenters. The van der Waals surface area contributed by atoms with E-state index in [1.165, 1.54) is 72.7 Å². The molecule has 2 aliphatic rings. The average molecular weight is 1230 g/mol. The van der Waals surface area contributed by atoms with Gasteiger partial charge in [-0.05, 0) is 117 Å². The number of rotatable bonds is 8. The summed E-state index contributed by atoms with van der Waals surface area (Å²) in [6.07, 6.45) is 0. The molecule has 0 saturated heterocycles. The van der Waals surface area contributed by atoms with Crippen molar-refractivity contribution in [2.45, 2.75) is 11.8 Å². The van der Waals surface area contributed by atoms with E-state index in [0.29, 0.717) is 0 Å². The minimum Gasteiger partial charge on any atom is -0.309 e. The molecular formula is C86H52N6S2. The quantitative estimate of drug-likeness (QED) is 0.141. The molecule has 2 unspecified atom stereocenters. The maximum atomic E-state index is 5.60. The summed E-state index contributed by atoms with van der Waals surface area (Å²) in [5, 5.41) is 12.2. The van der Waals surface area contributed by atoms with Gasteiger partial charge in [-0.2, -0.15) is 0 Å². The first-order valence-electron chi connectivity index (χ1n) is 32.0. The molecule has 6 nitrogen and oxygen atoms in total. The summed E-state index contributed by atoms with van der Waals surface area (Å²) in [6, 6.07) is 111. The van der Waals surface area contributed by atoms with Gasteiger partial charge in [-0.1, -0.05) is 231 Å². The smallest absolute Gasteiger partial charge is 0.141 e. The van der Waals surface area contributed by atoms with Crippen LogP contribution in [0.15, 0.2) is 303 Å². The van der Waals surface area contributed by atoms with E-state index < -0.39 is 0 Å². The lowest BCUT2D eigenvalue weighted by molar-refractivity contribution is 0.844. The summed E-state index contributed by atoms with van der Waals surface area (Å²) in [4.78, 5) is 27.5. The molecular weight excluding hydrogens is 1180 g/mol. The van der Waals surface area contributed by atoms with E-state index in [4.69, 9.17) is 19.9 Å². The second-order valence-electron chi connectivity index (χ2n) is 24.7. The summed E-state index contributed by atoms with van der Waals surface area (Å²) < 4.78 is 4.99. The lowest BCUT2D eigenvalue weighted by Crippen LogP contribution is -2.24. The molecule has 4 aromatic heterocycles. The number of nitrogens with zero attached hydrogens (tertiary/aromatic N) is 6. The number of benzene rings is 14. The highest BCUT2D eigenvalue weighted by molar-refractivity contribution is 7.26. The van der Waals surface area contributed by atoms with E-state index in [9.17, 15) is 0 Å². The first-order valence-corrected chi connectivity index (χ1v) is 33.6. The van der Waals surface area contributed by atoms with Gasteiger partial charge in [0.1, 0.15) is 11.6 Å². The zero-order valence-corrected chi connectivity index (χ0v) is 52.2. The van der Waals surface area contributed by atoms with E-state index in [-0.39, 0.29) is 11.8 Å². The molecule has 2 aliphatic heterocycles. The van der Waals surface area contributed by atoms with E-state index in [1.807, 2.05) is 22.7 Å². The summed E-state index contributed by atoms with van der Waals surface area (Å²) >= 11 is 3.71. The Balaban J connectivity index is 0.805. The highest BCUT2D eigenvalue weighted by Gasteiger charge is 2.39. The topological polar surface area (TPSA) is 58.0 Å². The van der Waals surface area contributed by atoms with Crippen LogP contribution in [0.5, 0.6) is 0 Å². The molecule has 438 valence electrons. The summed E-state index contributed by atoms with van der Waals surface area (Å²) in [5.41, 5.74) is 19.0. The second-order valence-corrected chi connectivity index (χ2v) is 26.9. The first-order chi connectivity index (χ1) is 46.6. The zero-order chi connectivity index (χ0) is 61.5. The van der Waals surface area contributed by atoms with Gasteiger partial charge >= 0.3 is 0 Å². The molecule has 0 N–H and O–H groups in total. The Morgan fingerprint density at radius 1 is 0.234 bits per heavy atom. The van der Waals surface area contributed by atoms with Gasteiger partial charge in [0.25, 0.3) is 0 Å². The summed E-state index contributed by atoms with van der Waals surface area (Å²) in [6.45, 7) is 0. The fourth-order valence-electron chi connectivity index (χ4n) is 15.3. The summed E-state index contributed by atoms with van der Waals surface area (Å²) in [5.74, 6) is 0.933. The van der Waals surface area contributed by atoms with Crippen molar-refractivity contribution < 1.29 is 0 Å². The van der Waals surface area contributed by atoms with Crippen LogP contribution in [0.3, 0.4) is 0 Å². The fraction of sp³-hybridized carbons (Fsp3) is 0.0233. The molecule has 0 saturated carbocycles. The van der Waals surface area contributed by atoms with Gasteiger partial charge in [-0.15, -0.1) is 22.7 Å². The third kappa shape index (κ3) is 8.20. The van der Waals surface area contributed by atoms with E-state index in [2.05, 4.69) is 313 Å². The van der Waals surface area contributed by atoms with Gasteiger partial charge in [0.05, 0.1) is 68.7 Å². The van der Waals surface area contributed by atoms with Crippen LogP contribution in [0, 0.1) is 0 Å². The van der Waals surface area contributed by atoms with Crippen molar-refractivity contribution in [2.75, 3.05) is 9.80 Å². The zero-order valence-electron chi connectivity index (χ0n) is 50.5. The van der Waals surface area contributed by atoms with E-state index >= 15 is 0 Å². The highest BCUT2D eigenvalue weighted by Crippen LogP contribution is 2.58. The van der Waals surface area contributed by atoms with Gasteiger partial charge in [-0.25, -0.2) is 19.9 Å². The first kappa shape index (κ1) is 53.0. The molecule has 8 heteroatoms. The summed E-state index contributed by atoms with van der Waals surface area (Å²) in [7, 11) is 0. The number of thiophene rings is 2. The number of para-hydroxylation sites is 2. The minimum atomic E-state index is -0.298. The Hall–Kier alpha value is -11.7. The SMILES string of the molecule is c1ccc(-c2cc(-c3ccccc3)nc(C3c4ccccc4N(c4ccc5ccc6c(N7c8ccccc8C(c8nc(-c9ccccc9)cc(-c9ccccc9)n8)c8cc9c(cc87)sc7ccccc79)ccc7ccc4c5c76)c4cc5sc6ccccc6c5cc43)n2)cc1. The van der Waals surface area contributed by atoms with E-state index in [0.717, 1.165) is 113 Å². The lowest BCUT2D eigenvalue weighted by atomic mass is 9.82. The van der Waals surface area contributed by atoms with Crippen LogP contribution >= 0.6 is 22.7 Å². The maximum Gasteiger partial charge on any atom is 0.141 e. The average Bonchev–Trinajstić information content (AvgIpc) is 1.02. The van der Waals surface area contributed by atoms with Crippen LogP contribution in [0.2, 0.25) is 0 Å². The molecule has 0 amide bonds. The number of fused-ring (bicyclic) bond motifs is 10. The molecule has 18 aromatic rings. The predicted octanol–water partition coefficient (Wildman–Crippen LogP) is 23.5. The number of hydrogen-bond acceptors (Lipinski definition) is 8. The monoisotopic (exact) mass is 1230 g/mol. The van der Waals surface area contributed by atoms with Crippen molar-refractivity contribution in [3.8, 4) is 45.0 Å². The maximum absolute atomic E-state index is 5.60. The minimum absolute atomic E-state index is 0.298. The highest BCUT2D eigenvalue weighted by atomic mass is 32.1. The molecule has 6 heterocycles. The fourth-order valence-corrected chi connectivity index (χ4v) is 17.6. The van der Waals surface area contributed by atoms with Gasteiger partial charge < -0.3 is 9.80 Å². The van der Waals surface area contributed by atoms with Gasteiger partial charge in [0.2, 0.25) is 0 Å². The van der Waals surface area contributed by atoms with Crippen molar-refractivity contribution >= 4 is 129 Å². The lowest BCUT2D eigenvalue weighted by Gasteiger charge is -2.39. The molecule has 0 spiro atoms. The van der Waals surface area contributed by atoms with Crippen LogP contribution in [0.4, 0.5) is 34.1 Å². The van der Waals surface area contributed by atoms with Crippen LogP contribution < -0.4 is 9.80 Å². The third-order valence-electron chi connectivity index (χ3n) is 19.5. The molecule has 0 aliphatic carbocycles. The predicted molar refractivity (Wildman–Crippen MR) is 393 cm³/mol. The Kier molecular flexibility index (Phi) is 11.8. The number of hydrogen-bond donors (Lipinski definition) is 0. The molecule has 94 heavy (non-hydrogen) atoms. The van der Waals surface area contributed by atoms with Crippen LogP contribution in [0.1, 0.15) is 45.7 Å². The molecule has 0 fully saturated rings. The van der Waals surface area contributed by atoms with Crippen molar-refractivity contribution in [1.29, 1.82) is 0 Å². The Morgan fingerprint density at radius 2 is 0.574 bits per heavy atom. The second kappa shape index (κ2) is 20.9.